The van der Waals surface area contributed by atoms with E-state index in [2.05, 4.69) is 25.4 Å². The number of aliphatic hydroxyl groups excluding tert-OH is 2. The number of nitrogen functional groups attached to an aromatic ring is 1. The number of hydrogen-bond acceptors (Lipinski definition) is 12. The Balaban J connectivity index is 1.55. The molecule has 2 aromatic heterocycles. The summed E-state index contributed by atoms with van der Waals surface area (Å²) in [6.07, 6.45) is -0.681. The molecule has 1 aliphatic rings. The van der Waals surface area contributed by atoms with E-state index < -0.39 is 24.5 Å². The van der Waals surface area contributed by atoms with Crippen molar-refractivity contribution in [2.24, 2.45) is 5.16 Å². The van der Waals surface area contributed by atoms with Gasteiger partial charge >= 0.3 is 0 Å². The number of aromatic nitrogens is 4. The minimum absolute atomic E-state index is 0.224. The number of imidazole rings is 1. The second-order valence-corrected chi connectivity index (χ2v) is 7.88. The summed E-state index contributed by atoms with van der Waals surface area (Å²) in [6.45, 7) is 5.90. The zero-order chi connectivity index (χ0) is 24.0. The van der Waals surface area contributed by atoms with E-state index in [4.69, 9.17) is 20.0 Å². The van der Waals surface area contributed by atoms with Crippen LogP contribution in [0.25, 0.3) is 11.2 Å². The Morgan fingerprint density at radius 1 is 1.33 bits per heavy atom. The fourth-order valence-corrected chi connectivity index (χ4v) is 3.76. The summed E-state index contributed by atoms with van der Waals surface area (Å²) in [6, 6.07) is 0. The Morgan fingerprint density at radius 3 is 2.85 bits per heavy atom. The summed E-state index contributed by atoms with van der Waals surface area (Å²) in [5.41, 5.74) is 6.73. The lowest BCUT2D eigenvalue weighted by Gasteiger charge is -2.22. The first-order valence-corrected chi connectivity index (χ1v) is 11.0. The Hall–Kier alpha value is -2.74. The molecule has 5 N–H and O–H groups in total. The van der Waals surface area contributed by atoms with Gasteiger partial charge in [0.2, 0.25) is 11.8 Å². The van der Waals surface area contributed by atoms with Crippen LogP contribution in [0.2, 0.25) is 0 Å². The minimum atomic E-state index is -1.16. The number of unbranched alkanes of at least 4 members (excludes halogenated alkanes) is 1. The molecule has 4 atom stereocenters. The molecule has 33 heavy (non-hydrogen) atoms. The summed E-state index contributed by atoms with van der Waals surface area (Å²) < 4.78 is 12.9. The molecule has 13 heteroatoms. The minimum Gasteiger partial charge on any atom is -0.479 e. The number of aliphatic hydroxyl groups is 2. The number of ether oxygens (including phenoxy) is 2. The maximum atomic E-state index is 10.7. The van der Waals surface area contributed by atoms with Gasteiger partial charge in [-0.05, 0) is 33.4 Å². The third kappa shape index (κ3) is 5.79. The van der Waals surface area contributed by atoms with Gasteiger partial charge in [0.05, 0.1) is 6.61 Å². The van der Waals surface area contributed by atoms with Gasteiger partial charge in [-0.3, -0.25) is 4.57 Å². The summed E-state index contributed by atoms with van der Waals surface area (Å²) in [7, 11) is 3.63. The van der Waals surface area contributed by atoms with Crippen LogP contribution in [0.15, 0.2) is 11.5 Å². The van der Waals surface area contributed by atoms with Gasteiger partial charge in [0, 0.05) is 20.5 Å². The Kier molecular flexibility index (Phi) is 8.61. The van der Waals surface area contributed by atoms with Crippen molar-refractivity contribution in [2.75, 3.05) is 51.4 Å². The molecule has 1 saturated heterocycles. The molecule has 1 aliphatic heterocycles. The number of nitrogens with one attached hydrogen (secondary N) is 1. The second kappa shape index (κ2) is 11.4. The molecule has 0 aromatic carbocycles. The van der Waals surface area contributed by atoms with Crippen molar-refractivity contribution in [2.45, 2.75) is 51.2 Å². The van der Waals surface area contributed by atoms with E-state index in [1.54, 1.807) is 18.5 Å². The highest BCUT2D eigenvalue weighted by Gasteiger charge is 2.45. The van der Waals surface area contributed by atoms with Crippen LogP contribution in [0, 0.1) is 0 Å². The largest absolute Gasteiger partial charge is 0.479 e. The molecule has 0 saturated carbocycles. The van der Waals surface area contributed by atoms with Crippen LogP contribution in [0.3, 0.4) is 0 Å². The number of oxime groups is 1. The van der Waals surface area contributed by atoms with Gasteiger partial charge in [-0.25, -0.2) is 15.0 Å². The molecule has 0 bridgehead atoms. The van der Waals surface area contributed by atoms with Crippen LogP contribution >= 0.6 is 0 Å². The molecular weight excluding hydrogens is 432 g/mol. The fraction of sp³-hybridized carbons (Fsp3) is 0.700. The SMILES string of the molecule is CCO/C(C)=N\OCCCCN(C)C[C@H]1O[C@@H](n2c(NC)nc3c(N)ncnc32)[C@H](O)[C@@H]1O. The van der Waals surface area contributed by atoms with E-state index in [-0.39, 0.29) is 5.82 Å². The van der Waals surface area contributed by atoms with E-state index in [0.717, 1.165) is 19.4 Å². The van der Waals surface area contributed by atoms with Crippen molar-refractivity contribution in [1.82, 2.24) is 24.4 Å². The Bertz CT molecular complexity index is 939. The Labute approximate surface area is 192 Å². The fourth-order valence-electron chi connectivity index (χ4n) is 3.76. The normalized spacial score (nSPS) is 23.4. The molecule has 0 aliphatic carbocycles. The smallest absolute Gasteiger partial charge is 0.222 e. The van der Waals surface area contributed by atoms with Crippen molar-refractivity contribution in [1.29, 1.82) is 0 Å². The van der Waals surface area contributed by atoms with Crippen LogP contribution in [0.5, 0.6) is 0 Å². The van der Waals surface area contributed by atoms with Crippen LogP contribution < -0.4 is 11.1 Å². The molecule has 0 radical (unpaired) electrons. The van der Waals surface area contributed by atoms with Gasteiger partial charge in [-0.2, -0.15) is 0 Å². The maximum Gasteiger partial charge on any atom is 0.222 e. The monoisotopic (exact) mass is 466 g/mol. The van der Waals surface area contributed by atoms with E-state index >= 15 is 0 Å². The van der Waals surface area contributed by atoms with Gasteiger partial charge in [0.1, 0.15) is 31.2 Å². The standard InChI is InChI=1S/C20H34N8O5/c1-5-31-12(2)26-32-9-7-6-8-27(4)10-13-15(29)16(30)19(33-13)28-18-14(25-20(28)22-3)17(21)23-11-24-18/h11,13,15-16,19,29-30H,5-10H2,1-4H3,(H,22,25)(H2,21,23,24)/b26-12-/t13-,15-,16-,19-/m1/s1. The molecule has 0 unspecified atom stereocenters. The van der Waals surface area contributed by atoms with Crippen molar-refractivity contribution < 1.29 is 24.5 Å². The highest BCUT2D eigenvalue weighted by molar-refractivity contribution is 5.84. The third-order valence-corrected chi connectivity index (χ3v) is 5.38. The predicted molar refractivity (Wildman–Crippen MR) is 123 cm³/mol. The van der Waals surface area contributed by atoms with Crippen LogP contribution in [0.1, 0.15) is 32.9 Å². The van der Waals surface area contributed by atoms with Gasteiger partial charge in [0.15, 0.2) is 23.2 Å². The summed E-state index contributed by atoms with van der Waals surface area (Å²) in [5.74, 6) is 1.14. The highest BCUT2D eigenvalue weighted by atomic mass is 16.6. The number of hydrogen-bond donors (Lipinski definition) is 4. The summed E-state index contributed by atoms with van der Waals surface area (Å²) >= 11 is 0. The second-order valence-electron chi connectivity index (χ2n) is 7.88. The van der Waals surface area contributed by atoms with E-state index in [1.807, 2.05) is 18.9 Å². The number of likely N-dealkylation sites (N-methyl/N-ethyl adjacent to an activating group) is 1. The van der Waals surface area contributed by atoms with Gasteiger partial charge in [-0.15, -0.1) is 0 Å². The average molecular weight is 467 g/mol. The molecule has 2 aromatic rings. The number of nitrogens with two attached hydrogens (primary N) is 1. The van der Waals surface area contributed by atoms with Crippen LogP contribution in [0.4, 0.5) is 11.8 Å². The number of fused-ring (bicyclic) bond motifs is 1. The van der Waals surface area contributed by atoms with E-state index in [9.17, 15) is 10.2 Å². The van der Waals surface area contributed by atoms with E-state index in [0.29, 0.717) is 42.8 Å². The van der Waals surface area contributed by atoms with Crippen LogP contribution in [-0.4, -0.2) is 99.2 Å². The maximum absolute atomic E-state index is 10.7. The first-order valence-electron chi connectivity index (χ1n) is 11.0. The number of nitrogens with zero attached hydrogens (tertiary/aromatic N) is 6. The zero-order valence-corrected chi connectivity index (χ0v) is 19.5. The van der Waals surface area contributed by atoms with Crippen molar-refractivity contribution in [3.05, 3.63) is 6.33 Å². The number of anilines is 2. The van der Waals surface area contributed by atoms with Gasteiger partial charge in [0.25, 0.3) is 0 Å². The lowest BCUT2D eigenvalue weighted by molar-refractivity contribution is -0.0412. The molecule has 1 fully saturated rings. The lowest BCUT2D eigenvalue weighted by Crippen LogP contribution is -2.38. The molecule has 184 valence electrons. The van der Waals surface area contributed by atoms with Gasteiger partial charge in [-0.1, -0.05) is 5.16 Å². The molecule has 0 spiro atoms. The highest BCUT2D eigenvalue weighted by Crippen LogP contribution is 2.35. The lowest BCUT2D eigenvalue weighted by atomic mass is 10.1. The topological polar surface area (TPSA) is 165 Å². The molecule has 13 nitrogen and oxygen atoms in total. The first-order chi connectivity index (χ1) is 15.9. The van der Waals surface area contributed by atoms with Gasteiger partial charge < -0.3 is 40.5 Å². The molecule has 3 rings (SSSR count). The Morgan fingerprint density at radius 2 is 2.12 bits per heavy atom. The summed E-state index contributed by atoms with van der Waals surface area (Å²) in [4.78, 5) is 19.9. The quantitative estimate of drug-likeness (QED) is 0.154. The molecule has 3 heterocycles. The third-order valence-electron chi connectivity index (χ3n) is 5.38. The summed E-state index contributed by atoms with van der Waals surface area (Å²) in [5, 5.41) is 28.2. The molecular formula is C20H34N8O5. The van der Waals surface area contributed by atoms with Crippen LogP contribution in [-0.2, 0) is 14.3 Å². The van der Waals surface area contributed by atoms with Crippen molar-refractivity contribution in [3.8, 4) is 0 Å². The number of rotatable bonds is 11. The van der Waals surface area contributed by atoms with Crippen molar-refractivity contribution in [3.63, 3.8) is 0 Å². The molecule has 0 amide bonds. The average Bonchev–Trinajstić information content (AvgIpc) is 3.29. The predicted octanol–water partition coefficient (Wildman–Crippen LogP) is 0.168. The zero-order valence-electron chi connectivity index (χ0n) is 19.5. The van der Waals surface area contributed by atoms with E-state index in [1.165, 1.54) is 6.33 Å². The first kappa shape index (κ1) is 24.9. The van der Waals surface area contributed by atoms with Crippen molar-refractivity contribution >= 4 is 28.8 Å².